The zero-order valence-electron chi connectivity index (χ0n) is 19.8. The van der Waals surface area contributed by atoms with E-state index in [-0.39, 0.29) is 40.5 Å². The van der Waals surface area contributed by atoms with Crippen LogP contribution in [0.5, 0.6) is 5.75 Å². The summed E-state index contributed by atoms with van der Waals surface area (Å²) < 4.78 is 6.60. The minimum absolute atomic E-state index is 0.0165. The van der Waals surface area contributed by atoms with Gasteiger partial charge in [-0.2, -0.15) is 0 Å². The number of carbonyl (C=O) groups is 1. The fraction of sp³-hybridized carbons (Fsp3) is 0.522. The van der Waals surface area contributed by atoms with Crippen LogP contribution < -0.4 is 9.99 Å². The van der Waals surface area contributed by atoms with Crippen molar-refractivity contribution in [1.29, 1.82) is 0 Å². The first-order chi connectivity index (χ1) is 14.9. The Kier molecular flexibility index (Phi) is 8.96. The van der Waals surface area contributed by atoms with Gasteiger partial charge in [-0.05, 0) is 47.3 Å². The van der Waals surface area contributed by atoms with Crippen molar-refractivity contribution in [1.82, 2.24) is 14.9 Å². The minimum Gasteiger partial charge on any atom is -0.537 e. The largest absolute Gasteiger partial charge is 0.537 e. The topological polar surface area (TPSA) is 75.3 Å². The highest BCUT2D eigenvalue weighted by atomic mass is 35.5. The van der Waals surface area contributed by atoms with Gasteiger partial charge in [0, 0.05) is 23.1 Å². The Labute approximate surface area is 201 Å². The number of halogens is 2. The highest BCUT2D eigenvalue weighted by Crippen LogP contribution is 2.42. The van der Waals surface area contributed by atoms with Gasteiger partial charge in [0.15, 0.2) is 5.69 Å². The number of hydrogen-bond donors (Lipinski definition) is 1. The number of aromatic nitrogens is 2. The molecule has 1 aromatic heterocycles. The van der Waals surface area contributed by atoms with Crippen molar-refractivity contribution in [2.75, 3.05) is 6.54 Å². The number of aromatic amines is 1. The Hall–Kier alpha value is -1.83. The third-order valence-electron chi connectivity index (χ3n) is 5.96. The second-order valence-electron chi connectivity index (χ2n) is 8.93. The van der Waals surface area contributed by atoms with Crippen LogP contribution in [0.1, 0.15) is 64.5 Å². The average molecular weight is 499 g/mol. The molecule has 32 heavy (non-hydrogen) atoms. The highest BCUT2D eigenvalue weighted by molar-refractivity contribution is 6.78. The molecule has 0 fully saturated rings. The highest BCUT2D eigenvalue weighted by Gasteiger charge is 2.48. The number of rotatable bonds is 9. The number of hydrogen-bond acceptors (Lipinski definition) is 4. The number of H-pyrrole nitrogens is 1. The van der Waals surface area contributed by atoms with Gasteiger partial charge < -0.3 is 14.3 Å². The maximum Gasteiger partial charge on any atom is 0.292 e. The van der Waals surface area contributed by atoms with Gasteiger partial charge in [-0.15, -0.1) is 0 Å². The van der Waals surface area contributed by atoms with Crippen molar-refractivity contribution >= 4 is 37.4 Å². The van der Waals surface area contributed by atoms with Gasteiger partial charge >= 0.3 is 0 Å². The van der Waals surface area contributed by atoms with Crippen molar-refractivity contribution in [3.63, 3.8) is 0 Å². The smallest absolute Gasteiger partial charge is 0.292 e. The van der Waals surface area contributed by atoms with Crippen LogP contribution >= 0.6 is 23.2 Å². The van der Waals surface area contributed by atoms with E-state index < -0.39 is 13.9 Å². The molecule has 0 saturated heterocycles. The summed E-state index contributed by atoms with van der Waals surface area (Å²) in [6.45, 7) is 15.3. The van der Waals surface area contributed by atoms with E-state index >= 15 is 0 Å². The number of amides is 1. The molecular formula is C23H33Cl2N3O3Si. The van der Waals surface area contributed by atoms with Gasteiger partial charge in [-0.1, -0.05) is 64.7 Å². The lowest BCUT2D eigenvalue weighted by atomic mass is 10.2. The van der Waals surface area contributed by atoms with E-state index in [1.165, 1.54) is 6.33 Å². The van der Waals surface area contributed by atoms with Crippen LogP contribution in [0.2, 0.25) is 26.7 Å². The summed E-state index contributed by atoms with van der Waals surface area (Å²) in [5.74, 6) is -0.355. The molecule has 0 bridgehead atoms. The van der Waals surface area contributed by atoms with E-state index in [1.807, 2.05) is 6.92 Å². The molecule has 0 unspecified atom stereocenters. The lowest BCUT2D eigenvalue weighted by Crippen LogP contribution is -2.52. The Morgan fingerprint density at radius 3 is 2.06 bits per heavy atom. The van der Waals surface area contributed by atoms with Gasteiger partial charge in [-0.3, -0.25) is 9.59 Å². The van der Waals surface area contributed by atoms with E-state index in [0.717, 1.165) is 5.56 Å². The molecule has 0 aliphatic rings. The fourth-order valence-corrected chi connectivity index (χ4v) is 10.4. The quantitative estimate of drug-likeness (QED) is 0.412. The van der Waals surface area contributed by atoms with Crippen molar-refractivity contribution in [2.45, 2.75) is 71.6 Å². The molecule has 176 valence electrons. The Balaban J connectivity index is 2.50. The Bertz CT molecular complexity index is 966. The van der Waals surface area contributed by atoms with Crippen LogP contribution in [0.25, 0.3) is 0 Å². The van der Waals surface area contributed by atoms with Crippen LogP contribution in [0.3, 0.4) is 0 Å². The van der Waals surface area contributed by atoms with Gasteiger partial charge in [-0.25, -0.2) is 4.98 Å². The molecule has 0 saturated carbocycles. The predicted octanol–water partition coefficient (Wildman–Crippen LogP) is 6.29. The first kappa shape index (κ1) is 26.4. The van der Waals surface area contributed by atoms with E-state index in [1.54, 1.807) is 23.1 Å². The molecule has 2 aromatic rings. The van der Waals surface area contributed by atoms with Crippen molar-refractivity contribution < 1.29 is 9.22 Å². The van der Waals surface area contributed by atoms with Crippen LogP contribution in [0.15, 0.2) is 29.3 Å². The normalized spacial score (nSPS) is 12.0. The van der Waals surface area contributed by atoms with Crippen molar-refractivity contribution in [2.24, 2.45) is 0 Å². The summed E-state index contributed by atoms with van der Waals surface area (Å²) in [5.41, 5.74) is 1.09. The summed E-state index contributed by atoms with van der Waals surface area (Å²) in [6, 6.07) is 5.17. The second-order valence-corrected chi connectivity index (χ2v) is 15.2. The predicted molar refractivity (Wildman–Crippen MR) is 133 cm³/mol. The molecule has 0 radical (unpaired) electrons. The molecule has 1 heterocycles. The molecule has 2 rings (SSSR count). The third-order valence-corrected chi connectivity index (χ3v) is 12.4. The van der Waals surface area contributed by atoms with Crippen LogP contribution in [-0.2, 0) is 6.54 Å². The van der Waals surface area contributed by atoms with Gasteiger partial charge in [0.05, 0.1) is 6.33 Å². The van der Waals surface area contributed by atoms with Crippen LogP contribution in [0.4, 0.5) is 0 Å². The number of nitrogens with zero attached hydrogens (tertiary/aromatic N) is 2. The zero-order chi connectivity index (χ0) is 24.2. The molecule has 0 aliphatic heterocycles. The standard InChI is InChI=1S/C23H33Cl2N3O3Si/c1-8-28(12-17-9-18(24)11-19(25)10-17)23(30)20-21(22(29)27-13-26-20)31-32(14(2)3,15(4)5)16(6)7/h9-11,13-16H,8,12H2,1-7H3,(H,26,27,29). The summed E-state index contributed by atoms with van der Waals surface area (Å²) in [6.07, 6.45) is 1.25. The molecular weight excluding hydrogens is 465 g/mol. The maximum atomic E-state index is 13.5. The Morgan fingerprint density at radius 1 is 1.06 bits per heavy atom. The summed E-state index contributed by atoms with van der Waals surface area (Å²) in [7, 11) is -2.48. The molecule has 1 amide bonds. The summed E-state index contributed by atoms with van der Waals surface area (Å²) in [4.78, 5) is 34.8. The molecule has 0 spiro atoms. The SMILES string of the molecule is CCN(Cc1cc(Cl)cc(Cl)c1)C(=O)c1nc[nH]c(=O)c1O[Si](C(C)C)(C(C)C)C(C)C. The first-order valence-electron chi connectivity index (χ1n) is 10.9. The zero-order valence-corrected chi connectivity index (χ0v) is 22.3. The lowest BCUT2D eigenvalue weighted by molar-refractivity contribution is 0.0743. The average Bonchev–Trinajstić information content (AvgIpc) is 2.68. The van der Waals surface area contributed by atoms with E-state index in [0.29, 0.717) is 16.6 Å². The van der Waals surface area contributed by atoms with Gasteiger partial charge in [0.2, 0.25) is 5.75 Å². The monoisotopic (exact) mass is 497 g/mol. The first-order valence-corrected chi connectivity index (χ1v) is 13.8. The second kappa shape index (κ2) is 10.9. The number of carbonyl (C=O) groups excluding carboxylic acids is 1. The van der Waals surface area contributed by atoms with E-state index in [9.17, 15) is 9.59 Å². The minimum atomic E-state index is -2.48. The van der Waals surface area contributed by atoms with Crippen molar-refractivity contribution in [3.05, 3.63) is 56.2 Å². The molecule has 0 atom stereocenters. The van der Waals surface area contributed by atoms with Crippen molar-refractivity contribution in [3.8, 4) is 5.75 Å². The summed E-state index contributed by atoms with van der Waals surface area (Å²) in [5, 5.41) is 0.992. The van der Waals surface area contributed by atoms with Gasteiger partial charge in [0.1, 0.15) is 0 Å². The Morgan fingerprint density at radius 2 is 1.59 bits per heavy atom. The van der Waals surface area contributed by atoms with Crippen LogP contribution in [0, 0.1) is 0 Å². The fourth-order valence-electron chi connectivity index (χ4n) is 4.56. The van der Waals surface area contributed by atoms with Gasteiger partial charge in [0.25, 0.3) is 19.8 Å². The molecule has 1 N–H and O–H groups in total. The molecule has 9 heteroatoms. The van der Waals surface area contributed by atoms with Crippen LogP contribution in [-0.4, -0.2) is 35.6 Å². The number of nitrogens with one attached hydrogen (secondary N) is 1. The van der Waals surface area contributed by atoms with E-state index in [2.05, 4.69) is 51.5 Å². The maximum absolute atomic E-state index is 13.5. The molecule has 0 aliphatic carbocycles. The number of benzene rings is 1. The molecule has 6 nitrogen and oxygen atoms in total. The molecule has 1 aromatic carbocycles. The van der Waals surface area contributed by atoms with E-state index in [4.69, 9.17) is 27.6 Å². The summed E-state index contributed by atoms with van der Waals surface area (Å²) >= 11 is 12.2. The lowest BCUT2D eigenvalue weighted by Gasteiger charge is -2.42. The third kappa shape index (κ3) is 5.56.